The Balaban J connectivity index is 1.96. The molecule has 1 saturated carbocycles. The highest BCUT2D eigenvalue weighted by Gasteiger charge is 2.23. The SMILES string of the molecule is Cc1cc(C)cc(CC(N)C2CCC(C)CC2)c1. The Kier molecular flexibility index (Phi) is 4.45. The Bertz CT molecular complexity index is 368. The largest absolute Gasteiger partial charge is 0.327 e. The summed E-state index contributed by atoms with van der Waals surface area (Å²) in [7, 11) is 0. The van der Waals surface area contributed by atoms with Gasteiger partial charge in [0.25, 0.3) is 0 Å². The summed E-state index contributed by atoms with van der Waals surface area (Å²) >= 11 is 0. The minimum Gasteiger partial charge on any atom is -0.327 e. The van der Waals surface area contributed by atoms with Gasteiger partial charge >= 0.3 is 0 Å². The zero-order valence-corrected chi connectivity index (χ0v) is 12.1. The van der Waals surface area contributed by atoms with Crippen molar-refractivity contribution in [3.05, 3.63) is 34.9 Å². The molecule has 0 aliphatic heterocycles. The number of hydrogen-bond acceptors (Lipinski definition) is 1. The first-order valence-electron chi connectivity index (χ1n) is 7.37. The summed E-state index contributed by atoms with van der Waals surface area (Å²) in [5.74, 6) is 1.65. The van der Waals surface area contributed by atoms with Crippen LogP contribution in [0.5, 0.6) is 0 Å². The minimum absolute atomic E-state index is 0.346. The molecule has 1 fully saturated rings. The van der Waals surface area contributed by atoms with E-state index in [9.17, 15) is 0 Å². The topological polar surface area (TPSA) is 26.0 Å². The van der Waals surface area contributed by atoms with Crippen LogP contribution in [0.3, 0.4) is 0 Å². The summed E-state index contributed by atoms with van der Waals surface area (Å²) in [6.07, 6.45) is 6.43. The second kappa shape index (κ2) is 5.88. The summed E-state index contributed by atoms with van der Waals surface area (Å²) in [5.41, 5.74) is 10.6. The number of hydrogen-bond donors (Lipinski definition) is 1. The molecular formula is C17H27N. The third-order valence-corrected chi connectivity index (χ3v) is 4.42. The fourth-order valence-corrected chi connectivity index (χ4v) is 3.34. The van der Waals surface area contributed by atoms with Gasteiger partial charge in [-0.15, -0.1) is 0 Å². The molecule has 1 aromatic carbocycles. The number of rotatable bonds is 3. The molecule has 100 valence electrons. The molecule has 0 aromatic heterocycles. The van der Waals surface area contributed by atoms with Gasteiger partial charge in [-0.05, 0) is 50.5 Å². The van der Waals surface area contributed by atoms with E-state index in [-0.39, 0.29) is 0 Å². The predicted octanol–water partition coefficient (Wildman–Crippen LogP) is 4.00. The van der Waals surface area contributed by atoms with Gasteiger partial charge in [-0.2, -0.15) is 0 Å². The van der Waals surface area contributed by atoms with Crippen molar-refractivity contribution in [3.63, 3.8) is 0 Å². The van der Waals surface area contributed by atoms with Crippen LogP contribution in [0.1, 0.15) is 49.3 Å². The summed E-state index contributed by atoms with van der Waals surface area (Å²) in [5, 5.41) is 0. The van der Waals surface area contributed by atoms with Crippen molar-refractivity contribution in [1.82, 2.24) is 0 Å². The maximum absolute atomic E-state index is 6.43. The minimum atomic E-state index is 0.346. The summed E-state index contributed by atoms with van der Waals surface area (Å²) in [6.45, 7) is 6.71. The van der Waals surface area contributed by atoms with Crippen LogP contribution in [-0.2, 0) is 6.42 Å². The molecule has 0 spiro atoms. The van der Waals surface area contributed by atoms with Crippen molar-refractivity contribution in [2.75, 3.05) is 0 Å². The highest BCUT2D eigenvalue weighted by atomic mass is 14.6. The van der Waals surface area contributed by atoms with E-state index in [4.69, 9.17) is 5.73 Å². The van der Waals surface area contributed by atoms with Gasteiger partial charge in [-0.25, -0.2) is 0 Å². The quantitative estimate of drug-likeness (QED) is 0.856. The Morgan fingerprint density at radius 2 is 1.61 bits per heavy atom. The van der Waals surface area contributed by atoms with Gasteiger partial charge in [0.05, 0.1) is 0 Å². The summed E-state index contributed by atoms with van der Waals surface area (Å²) < 4.78 is 0. The number of aryl methyl sites for hydroxylation is 2. The van der Waals surface area contributed by atoms with Crippen LogP contribution in [0.15, 0.2) is 18.2 Å². The first-order chi connectivity index (χ1) is 8.54. The summed E-state index contributed by atoms with van der Waals surface area (Å²) in [4.78, 5) is 0. The Morgan fingerprint density at radius 3 is 2.17 bits per heavy atom. The normalized spacial score (nSPS) is 26.0. The van der Waals surface area contributed by atoms with Crippen molar-refractivity contribution in [3.8, 4) is 0 Å². The molecule has 0 heterocycles. The van der Waals surface area contributed by atoms with Gasteiger partial charge in [-0.1, -0.05) is 49.1 Å². The smallest absolute Gasteiger partial charge is 0.0108 e. The van der Waals surface area contributed by atoms with Crippen molar-refractivity contribution >= 4 is 0 Å². The molecule has 0 saturated heterocycles. The molecule has 2 N–H and O–H groups in total. The first-order valence-corrected chi connectivity index (χ1v) is 7.37. The lowest BCUT2D eigenvalue weighted by molar-refractivity contribution is 0.253. The van der Waals surface area contributed by atoms with Crippen LogP contribution in [0.4, 0.5) is 0 Å². The zero-order chi connectivity index (χ0) is 13.1. The van der Waals surface area contributed by atoms with Crippen molar-refractivity contribution in [2.24, 2.45) is 17.6 Å². The molecule has 1 unspecified atom stereocenters. The lowest BCUT2D eigenvalue weighted by Crippen LogP contribution is -2.34. The van der Waals surface area contributed by atoms with Crippen LogP contribution in [0.25, 0.3) is 0 Å². The van der Waals surface area contributed by atoms with Gasteiger partial charge in [-0.3, -0.25) is 0 Å². The van der Waals surface area contributed by atoms with E-state index in [1.807, 2.05) is 0 Å². The van der Waals surface area contributed by atoms with Gasteiger partial charge in [0, 0.05) is 6.04 Å². The van der Waals surface area contributed by atoms with E-state index < -0.39 is 0 Å². The van der Waals surface area contributed by atoms with E-state index >= 15 is 0 Å². The second-order valence-electron chi connectivity index (χ2n) is 6.38. The van der Waals surface area contributed by atoms with E-state index in [0.717, 1.165) is 18.3 Å². The van der Waals surface area contributed by atoms with Gasteiger partial charge < -0.3 is 5.73 Å². The van der Waals surface area contributed by atoms with Crippen molar-refractivity contribution in [2.45, 2.75) is 58.9 Å². The Morgan fingerprint density at radius 1 is 1.06 bits per heavy atom. The van der Waals surface area contributed by atoms with E-state index in [0.29, 0.717) is 6.04 Å². The van der Waals surface area contributed by atoms with Gasteiger partial charge in [0.1, 0.15) is 0 Å². The third kappa shape index (κ3) is 3.58. The van der Waals surface area contributed by atoms with Crippen LogP contribution in [0, 0.1) is 25.7 Å². The van der Waals surface area contributed by atoms with Gasteiger partial charge in [0.15, 0.2) is 0 Å². The van der Waals surface area contributed by atoms with Gasteiger partial charge in [0.2, 0.25) is 0 Å². The number of benzene rings is 1. The van der Waals surface area contributed by atoms with E-state index in [2.05, 4.69) is 39.0 Å². The highest BCUT2D eigenvalue weighted by Crippen LogP contribution is 2.30. The molecule has 1 atom stereocenters. The Labute approximate surface area is 112 Å². The van der Waals surface area contributed by atoms with Crippen LogP contribution in [-0.4, -0.2) is 6.04 Å². The fraction of sp³-hybridized carbons (Fsp3) is 0.647. The first kappa shape index (κ1) is 13.6. The molecule has 0 radical (unpaired) electrons. The van der Waals surface area contributed by atoms with Crippen LogP contribution in [0.2, 0.25) is 0 Å². The molecule has 0 bridgehead atoms. The third-order valence-electron chi connectivity index (χ3n) is 4.42. The van der Waals surface area contributed by atoms with Crippen LogP contribution < -0.4 is 5.73 Å². The zero-order valence-electron chi connectivity index (χ0n) is 12.1. The molecule has 1 aliphatic rings. The standard InChI is InChI=1S/C17H27N/c1-12-4-6-16(7-5-12)17(18)11-15-9-13(2)8-14(3)10-15/h8-10,12,16-17H,4-7,11,18H2,1-3H3. The molecular weight excluding hydrogens is 218 g/mol. The van der Waals surface area contributed by atoms with E-state index in [1.165, 1.54) is 42.4 Å². The van der Waals surface area contributed by atoms with Crippen LogP contribution >= 0.6 is 0 Å². The Hall–Kier alpha value is -0.820. The maximum Gasteiger partial charge on any atom is 0.0108 e. The van der Waals surface area contributed by atoms with Crippen molar-refractivity contribution in [1.29, 1.82) is 0 Å². The molecule has 1 aliphatic carbocycles. The molecule has 0 amide bonds. The molecule has 2 rings (SSSR count). The fourth-order valence-electron chi connectivity index (χ4n) is 3.34. The number of nitrogens with two attached hydrogens (primary N) is 1. The molecule has 18 heavy (non-hydrogen) atoms. The molecule has 1 heteroatoms. The molecule has 1 aromatic rings. The lowest BCUT2D eigenvalue weighted by Gasteiger charge is -2.30. The highest BCUT2D eigenvalue weighted by molar-refractivity contribution is 5.29. The average molecular weight is 245 g/mol. The average Bonchev–Trinajstić information content (AvgIpc) is 2.28. The predicted molar refractivity (Wildman–Crippen MR) is 78.7 cm³/mol. The second-order valence-corrected chi connectivity index (χ2v) is 6.38. The monoisotopic (exact) mass is 245 g/mol. The van der Waals surface area contributed by atoms with E-state index in [1.54, 1.807) is 0 Å². The molecule has 1 nitrogen and oxygen atoms in total. The van der Waals surface area contributed by atoms with Crippen molar-refractivity contribution < 1.29 is 0 Å². The maximum atomic E-state index is 6.43. The summed E-state index contributed by atoms with van der Waals surface area (Å²) in [6, 6.07) is 7.16. The lowest BCUT2D eigenvalue weighted by atomic mass is 9.78.